The second-order valence-corrected chi connectivity index (χ2v) is 5.65. The van der Waals surface area contributed by atoms with Gasteiger partial charge in [-0.05, 0) is 35.7 Å². The topological polar surface area (TPSA) is 48.2 Å². The molecule has 0 radical (unpaired) electrons. The van der Waals surface area contributed by atoms with Crippen LogP contribution < -0.4 is 0 Å². The van der Waals surface area contributed by atoms with Crippen LogP contribution in [0.4, 0.5) is 8.78 Å². The summed E-state index contributed by atoms with van der Waals surface area (Å²) < 4.78 is 37.4. The van der Waals surface area contributed by atoms with Crippen molar-refractivity contribution in [2.24, 2.45) is 0 Å². The Hall–Kier alpha value is -2.60. The summed E-state index contributed by atoms with van der Waals surface area (Å²) in [6, 6.07) is 11.6. The fourth-order valence-electron chi connectivity index (χ4n) is 2.89. The lowest BCUT2D eigenvalue weighted by atomic mass is 9.96. The van der Waals surface area contributed by atoms with E-state index in [0.29, 0.717) is 24.5 Å². The molecular weight excluding hydrogens is 314 g/mol. The fourth-order valence-corrected chi connectivity index (χ4v) is 2.89. The number of hydrogen-bond acceptors (Lipinski definition) is 4. The Bertz CT molecular complexity index is 879. The van der Waals surface area contributed by atoms with Crippen molar-refractivity contribution in [1.82, 2.24) is 10.1 Å². The first-order valence-electron chi connectivity index (χ1n) is 7.68. The van der Waals surface area contributed by atoms with Crippen molar-refractivity contribution >= 4 is 0 Å². The minimum Gasteiger partial charge on any atom is -0.373 e. The van der Waals surface area contributed by atoms with E-state index < -0.39 is 11.6 Å². The number of benzene rings is 2. The average molecular weight is 328 g/mol. The highest BCUT2D eigenvalue weighted by molar-refractivity contribution is 5.54. The minimum absolute atomic E-state index is 0.145. The van der Waals surface area contributed by atoms with Crippen molar-refractivity contribution in [3.8, 4) is 11.4 Å². The maximum atomic E-state index is 13.3. The van der Waals surface area contributed by atoms with E-state index in [4.69, 9.17) is 9.26 Å². The van der Waals surface area contributed by atoms with Gasteiger partial charge in [0.15, 0.2) is 11.6 Å². The third-order valence-electron chi connectivity index (χ3n) is 4.10. The van der Waals surface area contributed by atoms with E-state index in [2.05, 4.69) is 16.2 Å². The van der Waals surface area contributed by atoms with Crippen LogP contribution in [-0.2, 0) is 17.6 Å². The zero-order valence-electron chi connectivity index (χ0n) is 12.7. The largest absolute Gasteiger partial charge is 0.373 e. The van der Waals surface area contributed by atoms with E-state index in [1.54, 1.807) is 0 Å². The summed E-state index contributed by atoms with van der Waals surface area (Å²) in [7, 11) is 0. The molecule has 0 aliphatic carbocycles. The maximum Gasteiger partial charge on any atom is 0.229 e. The normalized spacial score (nSPS) is 16.8. The Morgan fingerprint density at radius 3 is 2.83 bits per heavy atom. The number of halogens is 2. The molecular formula is C18H14F2N2O2. The molecule has 24 heavy (non-hydrogen) atoms. The summed E-state index contributed by atoms with van der Waals surface area (Å²) >= 11 is 0. The summed E-state index contributed by atoms with van der Waals surface area (Å²) in [5.41, 5.74) is 2.75. The van der Waals surface area contributed by atoms with Crippen LogP contribution in [0.5, 0.6) is 0 Å². The SMILES string of the molecule is Fc1ccc(-c2noc(CC3OCCc4ccccc43)n2)cc1F. The van der Waals surface area contributed by atoms with Gasteiger partial charge in [0.2, 0.25) is 11.7 Å². The molecule has 3 aromatic rings. The molecule has 2 aromatic carbocycles. The number of aromatic nitrogens is 2. The highest BCUT2D eigenvalue weighted by atomic mass is 19.2. The van der Waals surface area contributed by atoms with Gasteiger partial charge in [-0.1, -0.05) is 29.4 Å². The fraction of sp³-hybridized carbons (Fsp3) is 0.222. The van der Waals surface area contributed by atoms with Crippen molar-refractivity contribution < 1.29 is 18.0 Å². The predicted octanol–water partition coefficient (Wildman–Crippen LogP) is 3.87. The van der Waals surface area contributed by atoms with Crippen molar-refractivity contribution in [3.05, 3.63) is 71.1 Å². The number of rotatable bonds is 3. The van der Waals surface area contributed by atoms with E-state index in [0.717, 1.165) is 24.1 Å². The molecule has 1 aliphatic heterocycles. The Balaban J connectivity index is 1.57. The lowest BCUT2D eigenvalue weighted by Crippen LogP contribution is -2.18. The van der Waals surface area contributed by atoms with Crippen molar-refractivity contribution in [2.45, 2.75) is 18.9 Å². The number of hydrogen-bond donors (Lipinski definition) is 0. The van der Waals surface area contributed by atoms with E-state index in [1.165, 1.54) is 11.6 Å². The molecule has 0 amide bonds. The quantitative estimate of drug-likeness (QED) is 0.732. The summed E-state index contributed by atoms with van der Waals surface area (Å²) in [5.74, 6) is -1.22. The Labute approximate surface area is 137 Å². The molecule has 6 heteroatoms. The Morgan fingerprint density at radius 2 is 1.96 bits per heavy atom. The van der Waals surface area contributed by atoms with Crippen LogP contribution in [0.1, 0.15) is 23.1 Å². The number of ether oxygens (including phenoxy) is 1. The van der Waals surface area contributed by atoms with Crippen molar-refractivity contribution in [1.29, 1.82) is 0 Å². The second kappa shape index (κ2) is 6.13. The predicted molar refractivity (Wildman–Crippen MR) is 82.2 cm³/mol. The first-order valence-corrected chi connectivity index (χ1v) is 7.68. The molecule has 4 rings (SSSR count). The van der Waals surface area contributed by atoms with Gasteiger partial charge in [-0.3, -0.25) is 0 Å². The molecule has 0 bridgehead atoms. The summed E-state index contributed by atoms with van der Waals surface area (Å²) in [5, 5.41) is 3.85. The minimum atomic E-state index is -0.941. The van der Waals surface area contributed by atoms with E-state index in [-0.39, 0.29) is 11.9 Å². The molecule has 1 atom stereocenters. The molecule has 2 heterocycles. The third-order valence-corrected chi connectivity index (χ3v) is 4.10. The second-order valence-electron chi connectivity index (χ2n) is 5.65. The molecule has 1 aliphatic rings. The molecule has 0 fully saturated rings. The first kappa shape index (κ1) is 15.0. The highest BCUT2D eigenvalue weighted by Crippen LogP contribution is 2.30. The van der Waals surface area contributed by atoms with Gasteiger partial charge in [-0.25, -0.2) is 8.78 Å². The highest BCUT2D eigenvalue weighted by Gasteiger charge is 2.23. The third kappa shape index (κ3) is 2.80. The van der Waals surface area contributed by atoms with Gasteiger partial charge < -0.3 is 9.26 Å². The van der Waals surface area contributed by atoms with Gasteiger partial charge in [-0.15, -0.1) is 0 Å². The van der Waals surface area contributed by atoms with Crippen LogP contribution in [0.25, 0.3) is 11.4 Å². The lowest BCUT2D eigenvalue weighted by molar-refractivity contribution is 0.0375. The van der Waals surface area contributed by atoms with E-state index in [9.17, 15) is 8.78 Å². The molecule has 0 spiro atoms. The zero-order valence-corrected chi connectivity index (χ0v) is 12.7. The Kier molecular flexibility index (Phi) is 3.82. The number of fused-ring (bicyclic) bond motifs is 1. The number of nitrogens with zero attached hydrogens (tertiary/aromatic N) is 2. The van der Waals surface area contributed by atoms with Gasteiger partial charge in [0.05, 0.1) is 19.1 Å². The van der Waals surface area contributed by atoms with Crippen LogP contribution in [0, 0.1) is 11.6 Å². The van der Waals surface area contributed by atoms with Crippen LogP contribution in [0.3, 0.4) is 0 Å². The van der Waals surface area contributed by atoms with Crippen LogP contribution in [-0.4, -0.2) is 16.7 Å². The smallest absolute Gasteiger partial charge is 0.229 e. The zero-order chi connectivity index (χ0) is 16.5. The standard InChI is InChI=1S/C18H14F2N2O2/c19-14-6-5-12(9-15(14)20)18-21-17(24-22-18)10-16-13-4-2-1-3-11(13)7-8-23-16/h1-6,9,16H,7-8,10H2. The molecule has 4 nitrogen and oxygen atoms in total. The molecule has 122 valence electrons. The van der Waals surface area contributed by atoms with Gasteiger partial charge in [0.1, 0.15) is 0 Å². The monoisotopic (exact) mass is 328 g/mol. The van der Waals surface area contributed by atoms with E-state index in [1.807, 2.05) is 18.2 Å². The first-order chi connectivity index (χ1) is 11.7. The van der Waals surface area contributed by atoms with Gasteiger partial charge >= 0.3 is 0 Å². The molecule has 1 aromatic heterocycles. The summed E-state index contributed by atoms with van der Waals surface area (Å²) in [6.07, 6.45) is 1.18. The molecule has 0 saturated carbocycles. The van der Waals surface area contributed by atoms with Crippen LogP contribution in [0.2, 0.25) is 0 Å². The molecule has 0 N–H and O–H groups in total. The Morgan fingerprint density at radius 1 is 1.08 bits per heavy atom. The molecule has 1 unspecified atom stereocenters. The maximum absolute atomic E-state index is 13.3. The van der Waals surface area contributed by atoms with Crippen LogP contribution >= 0.6 is 0 Å². The summed E-state index contributed by atoms with van der Waals surface area (Å²) in [4.78, 5) is 4.27. The van der Waals surface area contributed by atoms with Crippen molar-refractivity contribution in [3.63, 3.8) is 0 Å². The summed E-state index contributed by atoms with van der Waals surface area (Å²) in [6.45, 7) is 0.645. The van der Waals surface area contributed by atoms with Gasteiger partial charge in [-0.2, -0.15) is 4.98 Å². The van der Waals surface area contributed by atoms with Gasteiger partial charge in [0.25, 0.3) is 0 Å². The average Bonchev–Trinajstić information content (AvgIpc) is 3.06. The lowest BCUT2D eigenvalue weighted by Gasteiger charge is -2.24. The van der Waals surface area contributed by atoms with Crippen LogP contribution in [0.15, 0.2) is 47.0 Å². The molecule has 0 saturated heterocycles. The van der Waals surface area contributed by atoms with Crippen molar-refractivity contribution in [2.75, 3.05) is 6.61 Å². The van der Waals surface area contributed by atoms with E-state index >= 15 is 0 Å². The van der Waals surface area contributed by atoms with Gasteiger partial charge in [0, 0.05) is 5.56 Å².